The van der Waals surface area contributed by atoms with E-state index in [1.807, 2.05) is 35.8 Å². The summed E-state index contributed by atoms with van der Waals surface area (Å²) < 4.78 is 7.59. The van der Waals surface area contributed by atoms with Crippen LogP contribution < -0.4 is 30.9 Å². The van der Waals surface area contributed by atoms with Crippen LogP contribution in [-0.2, 0) is 20.9 Å². The van der Waals surface area contributed by atoms with Crippen LogP contribution in [0.4, 0.5) is 17.5 Å². The van der Waals surface area contributed by atoms with Gasteiger partial charge in [0.15, 0.2) is 11.5 Å². The highest BCUT2D eigenvalue weighted by Crippen LogP contribution is 2.45. The molecule has 1 aliphatic carbocycles. The zero-order valence-corrected chi connectivity index (χ0v) is 39.3. The van der Waals surface area contributed by atoms with Gasteiger partial charge in [-0.1, -0.05) is 64.8 Å². The van der Waals surface area contributed by atoms with Gasteiger partial charge in [0, 0.05) is 31.1 Å². The Morgan fingerprint density at radius 1 is 1.04 bits per heavy atom. The first kappa shape index (κ1) is 46.6. The van der Waals surface area contributed by atoms with Crippen molar-refractivity contribution < 1.29 is 29.0 Å². The standard InChI is InChI=1S/C48H56N12O6S/c1-7-35-40-34(20-49)53-25-59(40)37-22-52-47(57-43(37)60(35)31-10-8-9-11-31)55-33-17-16-30(18-38(33)66-6)44(63)51-23-39(62)56-42(48(3,4)5)46(65)58-24-32(61)19-36(58)45(64)50-21-28-12-14-29(15-13-28)41-27(2)54-26-67-41/h12-18,22,25-26,31-32,35-36,42,61H,7-11,19,21,23-24H2,1-6H3,(H,50,64)(H,51,63)(H,56,62)(H,52,55,57)/t32-,35-,36+,42-/m1/s1. The Labute approximate surface area is 393 Å². The quantitative estimate of drug-likeness (QED) is 0.0931. The number of hydrogen-bond acceptors (Lipinski definition) is 14. The van der Waals surface area contributed by atoms with E-state index < -0.39 is 53.8 Å². The van der Waals surface area contributed by atoms with Gasteiger partial charge in [0.25, 0.3) is 5.91 Å². The number of aromatic nitrogens is 5. The summed E-state index contributed by atoms with van der Waals surface area (Å²) in [7, 11) is 1.48. The van der Waals surface area contributed by atoms with Crippen LogP contribution in [0.3, 0.4) is 0 Å². The van der Waals surface area contributed by atoms with Gasteiger partial charge in [-0.25, -0.2) is 15.0 Å². The van der Waals surface area contributed by atoms with E-state index in [1.54, 1.807) is 62.3 Å². The first-order valence-corrected chi connectivity index (χ1v) is 23.5. The maximum Gasteiger partial charge on any atom is 0.251 e. The number of thiazole rings is 1. The summed E-state index contributed by atoms with van der Waals surface area (Å²) in [5, 5.41) is 32.1. The molecule has 2 aromatic carbocycles. The molecule has 67 heavy (non-hydrogen) atoms. The van der Waals surface area contributed by atoms with Crippen LogP contribution >= 0.6 is 11.3 Å². The highest BCUT2D eigenvalue weighted by atomic mass is 32.1. The van der Waals surface area contributed by atoms with Crippen molar-refractivity contribution in [3.8, 4) is 27.9 Å². The highest BCUT2D eigenvalue weighted by Gasteiger charge is 2.45. The summed E-state index contributed by atoms with van der Waals surface area (Å²) in [6, 6.07) is 13.0. The molecule has 18 nitrogen and oxygen atoms in total. The fourth-order valence-electron chi connectivity index (χ4n) is 9.33. The molecule has 5 aromatic rings. The Morgan fingerprint density at radius 3 is 2.48 bits per heavy atom. The van der Waals surface area contributed by atoms with Crippen LogP contribution in [0.15, 0.2) is 60.5 Å². The van der Waals surface area contributed by atoms with Gasteiger partial charge < -0.3 is 40.9 Å². The molecule has 3 aliphatic rings. The Hall–Kier alpha value is -6.91. The Balaban J connectivity index is 0.898. The molecule has 8 rings (SSSR count). The summed E-state index contributed by atoms with van der Waals surface area (Å²) >= 11 is 1.56. The van der Waals surface area contributed by atoms with Crippen LogP contribution in [0.25, 0.3) is 16.1 Å². The first-order chi connectivity index (χ1) is 32.2. The molecule has 0 spiro atoms. The van der Waals surface area contributed by atoms with Crippen LogP contribution in [-0.4, -0.2) is 103 Å². The maximum atomic E-state index is 14.2. The number of methoxy groups -OCH3 is 1. The fourth-order valence-corrected chi connectivity index (χ4v) is 10.1. The third kappa shape index (κ3) is 9.67. The molecule has 1 saturated heterocycles. The highest BCUT2D eigenvalue weighted by molar-refractivity contribution is 7.13. The topological polar surface area (TPSA) is 233 Å². The van der Waals surface area contributed by atoms with Crippen LogP contribution in [0.1, 0.15) is 105 Å². The number of ether oxygens (including phenoxy) is 1. The zero-order chi connectivity index (χ0) is 47.6. The van der Waals surface area contributed by atoms with Crippen molar-refractivity contribution in [1.82, 2.24) is 45.4 Å². The fraction of sp³-hybridized carbons (Fsp3) is 0.438. The molecular weight excluding hydrogens is 873 g/mol. The molecule has 0 bridgehead atoms. The number of likely N-dealkylation sites (tertiary alicyclic amines) is 1. The monoisotopic (exact) mass is 928 g/mol. The van der Waals surface area contributed by atoms with Gasteiger partial charge in [0.05, 0.1) is 59.5 Å². The van der Waals surface area contributed by atoms with E-state index >= 15 is 0 Å². The number of carbonyl (C=O) groups excluding carboxylic acids is 4. The average Bonchev–Trinajstić information content (AvgIpc) is 4.16. The molecular formula is C48H56N12O6S. The van der Waals surface area contributed by atoms with Crippen molar-refractivity contribution in [2.75, 3.05) is 30.4 Å². The predicted molar refractivity (Wildman–Crippen MR) is 252 cm³/mol. The third-order valence-corrected chi connectivity index (χ3v) is 13.7. The van der Waals surface area contributed by atoms with E-state index in [2.05, 4.69) is 54.1 Å². The van der Waals surface area contributed by atoms with E-state index in [0.29, 0.717) is 23.1 Å². The van der Waals surface area contributed by atoms with Crippen LogP contribution in [0.5, 0.6) is 5.75 Å². The largest absolute Gasteiger partial charge is 0.495 e. The van der Waals surface area contributed by atoms with Gasteiger partial charge in [0.2, 0.25) is 23.7 Å². The lowest BCUT2D eigenvalue weighted by Crippen LogP contribution is -2.58. The number of benzene rings is 2. The molecule has 0 unspecified atom stereocenters. The van der Waals surface area contributed by atoms with Crippen molar-refractivity contribution >= 4 is 52.4 Å². The van der Waals surface area contributed by atoms with Gasteiger partial charge >= 0.3 is 0 Å². The number of aliphatic hydroxyl groups is 1. The van der Waals surface area contributed by atoms with Crippen molar-refractivity contribution in [2.45, 2.75) is 110 Å². The number of hydrogen-bond donors (Lipinski definition) is 5. The number of imidazole rings is 1. The number of anilines is 3. The smallest absolute Gasteiger partial charge is 0.251 e. The first-order valence-electron chi connectivity index (χ1n) is 22.6. The van der Waals surface area contributed by atoms with E-state index in [0.717, 1.165) is 71.0 Å². The van der Waals surface area contributed by atoms with Crippen molar-refractivity contribution in [2.24, 2.45) is 5.41 Å². The number of nitrogens with zero attached hydrogens (tertiary/aromatic N) is 8. The number of carbonyl (C=O) groups is 4. The lowest BCUT2D eigenvalue weighted by atomic mass is 9.85. The predicted octanol–water partition coefficient (Wildman–Crippen LogP) is 5.47. The SMILES string of the molecule is CC[C@@H]1c2c(C#N)ncn2-c2cnc(Nc3ccc(C(=O)NCC(=O)N[C@H](C(=O)N4C[C@H](O)C[C@H]4C(=O)NCc4ccc(-c5scnc5C)cc4)C(C)(C)C)cc3OC)nc2N1C1CCCC1. The molecule has 3 aromatic heterocycles. The molecule has 5 N–H and O–H groups in total. The zero-order valence-electron chi connectivity index (χ0n) is 38.5. The molecule has 2 fully saturated rings. The van der Waals surface area contributed by atoms with E-state index in [9.17, 15) is 29.5 Å². The van der Waals surface area contributed by atoms with Crippen LogP contribution in [0.2, 0.25) is 0 Å². The van der Waals surface area contributed by atoms with Gasteiger partial charge in [-0.05, 0) is 60.9 Å². The van der Waals surface area contributed by atoms with E-state index in [-0.39, 0.29) is 37.2 Å². The molecule has 350 valence electrons. The van der Waals surface area contributed by atoms with E-state index in [1.165, 1.54) is 18.1 Å². The second kappa shape index (κ2) is 19.5. The number of β-amino-alcohol motifs (C(OH)–C–C–N with tert-alkyl or cyclic N) is 1. The summed E-state index contributed by atoms with van der Waals surface area (Å²) in [4.78, 5) is 77.6. The van der Waals surface area contributed by atoms with Gasteiger partial charge in [-0.2, -0.15) is 10.2 Å². The second-order valence-corrected chi connectivity index (χ2v) is 19.2. The minimum atomic E-state index is -1.08. The van der Waals surface area contributed by atoms with Crippen molar-refractivity contribution in [1.29, 1.82) is 5.26 Å². The van der Waals surface area contributed by atoms with Gasteiger partial charge in [-0.15, -0.1) is 11.3 Å². The number of aliphatic hydroxyl groups excluding tert-OH is 1. The molecule has 19 heteroatoms. The van der Waals surface area contributed by atoms with Gasteiger partial charge in [-0.3, -0.25) is 23.7 Å². The second-order valence-electron chi connectivity index (χ2n) is 18.3. The summed E-state index contributed by atoms with van der Waals surface area (Å²) in [6.45, 7) is 9.14. The molecule has 2 aliphatic heterocycles. The van der Waals surface area contributed by atoms with Gasteiger partial charge in [0.1, 0.15) is 35.9 Å². The average molecular weight is 929 g/mol. The summed E-state index contributed by atoms with van der Waals surface area (Å²) in [5.74, 6) is -0.701. The number of rotatable bonds is 14. The number of aryl methyl sites for hydroxylation is 1. The number of nitriles is 1. The van der Waals surface area contributed by atoms with Crippen LogP contribution in [0, 0.1) is 23.7 Å². The minimum Gasteiger partial charge on any atom is -0.495 e. The molecule has 0 radical (unpaired) electrons. The molecule has 1 saturated carbocycles. The maximum absolute atomic E-state index is 14.2. The minimum absolute atomic E-state index is 0.0521. The molecule has 5 heterocycles. The number of fused-ring (bicyclic) bond motifs is 3. The molecule has 4 amide bonds. The Kier molecular flexibility index (Phi) is 13.6. The molecule has 4 atom stereocenters. The lowest BCUT2D eigenvalue weighted by Gasteiger charge is -2.41. The number of amides is 4. The Bertz CT molecular complexity index is 2700. The number of nitrogens with one attached hydrogen (secondary N) is 4. The normalized spacial score (nSPS) is 18.4. The Morgan fingerprint density at radius 2 is 1.81 bits per heavy atom. The van der Waals surface area contributed by atoms with E-state index in [4.69, 9.17) is 9.72 Å². The lowest BCUT2D eigenvalue weighted by molar-refractivity contribution is -0.143. The summed E-state index contributed by atoms with van der Waals surface area (Å²) in [5.41, 5.74) is 6.57. The summed E-state index contributed by atoms with van der Waals surface area (Å²) in [6.07, 6.45) is 7.53. The van der Waals surface area contributed by atoms with Crippen molar-refractivity contribution in [3.05, 3.63) is 88.7 Å². The third-order valence-electron chi connectivity index (χ3n) is 12.8. The van der Waals surface area contributed by atoms with Crippen molar-refractivity contribution in [3.63, 3.8) is 0 Å².